The van der Waals surface area contributed by atoms with Crippen LogP contribution in [0.3, 0.4) is 0 Å². The van der Waals surface area contributed by atoms with Crippen molar-refractivity contribution in [1.82, 2.24) is 0 Å². The normalized spacial score (nSPS) is 13.8. The molecule has 0 aromatic heterocycles. The summed E-state index contributed by atoms with van der Waals surface area (Å²) < 4.78 is 30.4. The SMILES string of the molecule is COc1ccc(N2C(=O)c3ccccc3C2=O)cc1NS(C)(=O)=O. The van der Waals surface area contributed by atoms with Gasteiger partial charge in [0.2, 0.25) is 10.0 Å². The van der Waals surface area contributed by atoms with E-state index in [0.29, 0.717) is 11.1 Å². The molecule has 3 rings (SSSR count). The Labute approximate surface area is 138 Å². The highest BCUT2D eigenvalue weighted by atomic mass is 32.2. The van der Waals surface area contributed by atoms with Gasteiger partial charge >= 0.3 is 0 Å². The fourth-order valence-corrected chi connectivity index (χ4v) is 3.10. The predicted octanol–water partition coefficient (Wildman–Crippen LogP) is 1.87. The van der Waals surface area contributed by atoms with E-state index < -0.39 is 21.8 Å². The Morgan fingerprint density at radius 1 is 1.00 bits per heavy atom. The molecule has 0 saturated heterocycles. The molecule has 0 atom stereocenters. The van der Waals surface area contributed by atoms with E-state index in [0.717, 1.165) is 11.2 Å². The minimum absolute atomic E-state index is 0.147. The number of sulfonamides is 1. The molecular formula is C16H14N2O5S. The number of carbonyl (C=O) groups is 2. The van der Waals surface area contributed by atoms with Crippen molar-refractivity contribution >= 4 is 33.2 Å². The molecule has 0 aliphatic carbocycles. The number of ether oxygens (including phenoxy) is 1. The van der Waals surface area contributed by atoms with Gasteiger partial charge in [-0.3, -0.25) is 14.3 Å². The highest BCUT2D eigenvalue weighted by molar-refractivity contribution is 7.92. The molecule has 0 fully saturated rings. The molecular weight excluding hydrogens is 332 g/mol. The fourth-order valence-electron chi connectivity index (χ4n) is 2.54. The molecule has 24 heavy (non-hydrogen) atoms. The first-order chi connectivity index (χ1) is 11.3. The number of fused-ring (bicyclic) bond motifs is 1. The van der Waals surface area contributed by atoms with E-state index in [2.05, 4.69) is 4.72 Å². The van der Waals surface area contributed by atoms with E-state index in [-0.39, 0.29) is 17.1 Å². The van der Waals surface area contributed by atoms with Crippen LogP contribution in [-0.2, 0) is 10.0 Å². The maximum absolute atomic E-state index is 12.5. The minimum Gasteiger partial charge on any atom is -0.495 e. The number of nitrogens with zero attached hydrogens (tertiary/aromatic N) is 1. The number of benzene rings is 2. The van der Waals surface area contributed by atoms with Crippen molar-refractivity contribution in [2.75, 3.05) is 23.0 Å². The van der Waals surface area contributed by atoms with Crippen molar-refractivity contribution in [1.29, 1.82) is 0 Å². The van der Waals surface area contributed by atoms with Crippen LogP contribution in [0.25, 0.3) is 0 Å². The summed E-state index contributed by atoms with van der Waals surface area (Å²) in [6.45, 7) is 0. The zero-order valence-electron chi connectivity index (χ0n) is 12.9. The summed E-state index contributed by atoms with van der Waals surface area (Å²) in [5, 5.41) is 0. The van der Waals surface area contributed by atoms with Gasteiger partial charge < -0.3 is 4.74 Å². The topological polar surface area (TPSA) is 92.8 Å². The van der Waals surface area contributed by atoms with E-state index in [1.807, 2.05) is 0 Å². The summed E-state index contributed by atoms with van der Waals surface area (Å²) in [4.78, 5) is 26.0. The summed E-state index contributed by atoms with van der Waals surface area (Å²) >= 11 is 0. The van der Waals surface area contributed by atoms with Crippen LogP contribution in [0.5, 0.6) is 5.75 Å². The number of nitrogens with one attached hydrogen (secondary N) is 1. The van der Waals surface area contributed by atoms with Gasteiger partial charge in [0.1, 0.15) is 5.75 Å². The molecule has 1 N–H and O–H groups in total. The van der Waals surface area contributed by atoms with Crippen LogP contribution in [0.4, 0.5) is 11.4 Å². The van der Waals surface area contributed by atoms with Crippen molar-refractivity contribution in [3.05, 3.63) is 53.6 Å². The second-order valence-electron chi connectivity index (χ2n) is 5.25. The molecule has 8 heteroatoms. The Morgan fingerprint density at radius 3 is 2.08 bits per heavy atom. The van der Waals surface area contributed by atoms with E-state index in [1.165, 1.54) is 25.3 Å². The van der Waals surface area contributed by atoms with Gasteiger partial charge in [-0.15, -0.1) is 0 Å². The largest absolute Gasteiger partial charge is 0.495 e. The van der Waals surface area contributed by atoms with Gasteiger partial charge in [0.05, 0.1) is 35.9 Å². The van der Waals surface area contributed by atoms with Crippen molar-refractivity contribution in [3.63, 3.8) is 0 Å². The van der Waals surface area contributed by atoms with Crippen LogP contribution in [-0.4, -0.2) is 33.6 Å². The lowest BCUT2D eigenvalue weighted by Gasteiger charge is -2.17. The van der Waals surface area contributed by atoms with Crippen molar-refractivity contribution in [2.24, 2.45) is 0 Å². The Kier molecular flexibility index (Phi) is 3.76. The van der Waals surface area contributed by atoms with E-state index >= 15 is 0 Å². The number of imide groups is 1. The Hall–Kier alpha value is -2.87. The number of amides is 2. The van der Waals surface area contributed by atoms with Crippen LogP contribution in [0, 0.1) is 0 Å². The van der Waals surface area contributed by atoms with Gasteiger partial charge in [0, 0.05) is 0 Å². The second kappa shape index (κ2) is 5.64. The molecule has 0 saturated carbocycles. The van der Waals surface area contributed by atoms with Crippen molar-refractivity contribution in [3.8, 4) is 5.75 Å². The first kappa shape index (κ1) is 16.0. The van der Waals surface area contributed by atoms with Crippen LogP contribution in [0.1, 0.15) is 20.7 Å². The molecule has 2 aromatic rings. The average molecular weight is 346 g/mol. The molecule has 0 spiro atoms. The van der Waals surface area contributed by atoms with Crippen LogP contribution in [0.2, 0.25) is 0 Å². The maximum Gasteiger partial charge on any atom is 0.266 e. The zero-order valence-corrected chi connectivity index (χ0v) is 13.8. The van der Waals surface area contributed by atoms with E-state index in [1.54, 1.807) is 24.3 Å². The van der Waals surface area contributed by atoms with Crippen molar-refractivity contribution in [2.45, 2.75) is 0 Å². The number of anilines is 2. The zero-order chi connectivity index (χ0) is 17.5. The van der Waals surface area contributed by atoms with Crippen LogP contribution in [0.15, 0.2) is 42.5 Å². The van der Waals surface area contributed by atoms with Crippen molar-refractivity contribution < 1.29 is 22.7 Å². The molecule has 124 valence electrons. The predicted molar refractivity (Wildman–Crippen MR) is 89.0 cm³/mol. The molecule has 0 bridgehead atoms. The minimum atomic E-state index is -3.55. The number of rotatable bonds is 4. The van der Waals surface area contributed by atoms with E-state index in [4.69, 9.17) is 4.74 Å². The summed E-state index contributed by atoms with van der Waals surface area (Å²) in [5.41, 5.74) is 1.04. The van der Waals surface area contributed by atoms with Gasteiger partial charge in [-0.2, -0.15) is 0 Å². The molecule has 0 radical (unpaired) electrons. The summed E-state index contributed by atoms with van der Waals surface area (Å²) in [5.74, 6) is -0.627. The Bertz CT molecular complexity index is 918. The highest BCUT2D eigenvalue weighted by Crippen LogP contribution is 2.34. The first-order valence-corrected chi connectivity index (χ1v) is 8.84. The first-order valence-electron chi connectivity index (χ1n) is 6.95. The number of hydrogen-bond donors (Lipinski definition) is 1. The lowest BCUT2D eigenvalue weighted by molar-refractivity contribution is 0.0926. The summed E-state index contributed by atoms with van der Waals surface area (Å²) in [6, 6.07) is 10.9. The smallest absolute Gasteiger partial charge is 0.266 e. The Balaban J connectivity index is 2.07. The molecule has 7 nitrogen and oxygen atoms in total. The maximum atomic E-state index is 12.5. The number of carbonyl (C=O) groups excluding carboxylic acids is 2. The van der Waals surface area contributed by atoms with Gasteiger partial charge in [-0.1, -0.05) is 12.1 Å². The lowest BCUT2D eigenvalue weighted by Crippen LogP contribution is -2.29. The second-order valence-corrected chi connectivity index (χ2v) is 7.00. The summed E-state index contributed by atoms with van der Waals surface area (Å²) in [7, 11) is -2.16. The fraction of sp³-hybridized carbons (Fsp3) is 0.125. The van der Waals surface area contributed by atoms with Gasteiger partial charge in [-0.25, -0.2) is 13.3 Å². The Morgan fingerprint density at radius 2 is 1.58 bits per heavy atom. The number of methoxy groups -OCH3 is 1. The van der Waals surface area contributed by atoms with Crippen LogP contribution >= 0.6 is 0 Å². The number of hydrogen-bond acceptors (Lipinski definition) is 5. The standard InChI is InChI=1S/C16H14N2O5S/c1-23-14-8-7-10(9-13(14)17-24(2,21)22)18-15(19)11-5-3-4-6-12(11)16(18)20/h3-9,17H,1-2H3. The molecule has 1 heterocycles. The summed E-state index contributed by atoms with van der Waals surface area (Å²) in [6.07, 6.45) is 1.00. The van der Waals surface area contributed by atoms with Gasteiger partial charge in [0.25, 0.3) is 11.8 Å². The quantitative estimate of drug-likeness (QED) is 0.853. The van der Waals surface area contributed by atoms with Crippen LogP contribution < -0.4 is 14.4 Å². The lowest BCUT2D eigenvalue weighted by atomic mass is 10.1. The molecule has 0 unspecified atom stereocenters. The van der Waals surface area contributed by atoms with Gasteiger partial charge in [-0.05, 0) is 30.3 Å². The molecule has 2 amide bonds. The average Bonchev–Trinajstić information content (AvgIpc) is 2.78. The third-order valence-electron chi connectivity index (χ3n) is 3.53. The molecule has 1 aliphatic rings. The molecule has 2 aromatic carbocycles. The highest BCUT2D eigenvalue weighted by Gasteiger charge is 2.36. The third-order valence-corrected chi connectivity index (χ3v) is 4.12. The van der Waals surface area contributed by atoms with Gasteiger partial charge in [0.15, 0.2) is 0 Å². The molecule has 1 aliphatic heterocycles. The monoisotopic (exact) mass is 346 g/mol. The van der Waals surface area contributed by atoms with E-state index in [9.17, 15) is 18.0 Å². The third kappa shape index (κ3) is 2.71.